The Balaban J connectivity index is 2.22. The van der Waals surface area contributed by atoms with Crippen LogP contribution in [-0.4, -0.2) is 37.2 Å². The number of rotatable bonds is 1. The van der Waals surface area contributed by atoms with Gasteiger partial charge in [0, 0.05) is 13.1 Å². The van der Waals surface area contributed by atoms with Gasteiger partial charge in [0.25, 0.3) is 0 Å². The van der Waals surface area contributed by atoms with Crippen LogP contribution in [0.25, 0.3) is 0 Å². The highest BCUT2D eigenvalue weighted by Crippen LogP contribution is 2.11. The van der Waals surface area contributed by atoms with Crippen LogP contribution in [0.3, 0.4) is 0 Å². The van der Waals surface area contributed by atoms with Crippen molar-refractivity contribution in [2.24, 2.45) is 5.73 Å². The maximum absolute atomic E-state index is 10.3. The van der Waals surface area contributed by atoms with Gasteiger partial charge in [0.1, 0.15) is 6.10 Å². The van der Waals surface area contributed by atoms with E-state index in [9.17, 15) is 4.79 Å². The fourth-order valence-corrected chi connectivity index (χ4v) is 1.27. The third kappa shape index (κ3) is 2.76. The summed E-state index contributed by atoms with van der Waals surface area (Å²) in [4.78, 5) is 12.5. The van der Waals surface area contributed by atoms with Gasteiger partial charge in [-0.2, -0.15) is 0 Å². The second-order valence-electron chi connectivity index (χ2n) is 2.94. The van der Waals surface area contributed by atoms with E-state index < -0.39 is 6.09 Å². The van der Waals surface area contributed by atoms with Gasteiger partial charge >= 0.3 is 6.09 Å². The molecule has 64 valence electrons. The molecule has 1 saturated heterocycles. The third-order valence-corrected chi connectivity index (χ3v) is 1.95. The predicted octanol–water partition coefficient (Wildman–Crippen LogP) is 0.176. The van der Waals surface area contributed by atoms with Gasteiger partial charge in [-0.15, -0.1) is 0 Å². The summed E-state index contributed by atoms with van der Waals surface area (Å²) >= 11 is 0. The summed E-state index contributed by atoms with van der Waals surface area (Å²) in [5.41, 5.74) is 4.88. The smallest absolute Gasteiger partial charge is 0.404 e. The van der Waals surface area contributed by atoms with Gasteiger partial charge in [0.05, 0.1) is 0 Å². The Kier molecular flexibility index (Phi) is 2.70. The SMILES string of the molecule is CN1CCC(OC(N)=O)CC1. The number of ether oxygens (including phenoxy) is 1. The highest BCUT2D eigenvalue weighted by Gasteiger charge is 2.18. The van der Waals surface area contributed by atoms with Crippen LogP contribution >= 0.6 is 0 Å². The van der Waals surface area contributed by atoms with E-state index in [4.69, 9.17) is 10.5 Å². The number of carbonyl (C=O) groups is 1. The Morgan fingerprint density at radius 2 is 2.09 bits per heavy atom. The number of nitrogens with two attached hydrogens (primary N) is 1. The molecule has 0 spiro atoms. The normalized spacial score (nSPS) is 21.5. The van der Waals surface area contributed by atoms with E-state index >= 15 is 0 Å². The van der Waals surface area contributed by atoms with E-state index in [2.05, 4.69) is 11.9 Å². The standard InChI is InChI=1S/C7H14N2O2/c1-9-4-2-6(3-5-9)11-7(8)10/h6H,2-5H2,1H3,(H2,8,10). The molecule has 1 aliphatic heterocycles. The molecule has 0 saturated carbocycles. The highest BCUT2D eigenvalue weighted by atomic mass is 16.6. The molecule has 11 heavy (non-hydrogen) atoms. The number of hydrogen-bond acceptors (Lipinski definition) is 3. The molecule has 0 aromatic heterocycles. The number of carbonyl (C=O) groups excluding carboxylic acids is 1. The third-order valence-electron chi connectivity index (χ3n) is 1.95. The molecule has 4 nitrogen and oxygen atoms in total. The first-order chi connectivity index (χ1) is 5.18. The second kappa shape index (κ2) is 3.57. The molecule has 4 heteroatoms. The molecular weight excluding hydrogens is 144 g/mol. The lowest BCUT2D eigenvalue weighted by Gasteiger charge is -2.27. The number of hydrogen-bond donors (Lipinski definition) is 1. The van der Waals surface area contributed by atoms with Crippen molar-refractivity contribution >= 4 is 6.09 Å². The van der Waals surface area contributed by atoms with Gasteiger partial charge < -0.3 is 15.4 Å². The minimum atomic E-state index is -0.653. The Labute approximate surface area is 66.3 Å². The maximum Gasteiger partial charge on any atom is 0.404 e. The minimum Gasteiger partial charge on any atom is -0.446 e. The maximum atomic E-state index is 10.3. The van der Waals surface area contributed by atoms with Crippen LogP contribution in [0, 0.1) is 0 Å². The van der Waals surface area contributed by atoms with Crippen LogP contribution in [0.5, 0.6) is 0 Å². The van der Waals surface area contributed by atoms with Crippen molar-refractivity contribution in [3.8, 4) is 0 Å². The average Bonchev–Trinajstić information content (AvgIpc) is 1.93. The lowest BCUT2D eigenvalue weighted by molar-refractivity contribution is 0.0632. The molecule has 0 bridgehead atoms. The molecular formula is C7H14N2O2. The highest BCUT2D eigenvalue weighted by molar-refractivity contribution is 5.64. The molecule has 1 heterocycles. The summed E-state index contributed by atoms with van der Waals surface area (Å²) in [5, 5.41) is 0. The van der Waals surface area contributed by atoms with E-state index in [1.54, 1.807) is 0 Å². The van der Waals surface area contributed by atoms with E-state index in [1.807, 2.05) is 0 Å². The van der Waals surface area contributed by atoms with Crippen LogP contribution < -0.4 is 5.73 Å². The van der Waals surface area contributed by atoms with Gasteiger partial charge in [-0.1, -0.05) is 0 Å². The summed E-state index contributed by atoms with van der Waals surface area (Å²) in [6, 6.07) is 0. The van der Waals surface area contributed by atoms with Crippen LogP contribution in [0.2, 0.25) is 0 Å². The summed E-state index contributed by atoms with van der Waals surface area (Å²) in [6.07, 6.45) is 1.20. The van der Waals surface area contributed by atoms with E-state index in [0.29, 0.717) is 0 Å². The number of amides is 1. The molecule has 1 rings (SSSR count). The molecule has 0 aliphatic carbocycles. The van der Waals surface area contributed by atoms with Crippen molar-refractivity contribution < 1.29 is 9.53 Å². The van der Waals surface area contributed by atoms with Gasteiger partial charge in [-0.05, 0) is 19.9 Å². The van der Waals surface area contributed by atoms with Gasteiger partial charge in [-0.25, -0.2) is 4.79 Å². The average molecular weight is 158 g/mol. The predicted molar refractivity (Wildman–Crippen MR) is 41.2 cm³/mol. The summed E-state index contributed by atoms with van der Waals surface area (Å²) in [6.45, 7) is 1.97. The summed E-state index contributed by atoms with van der Waals surface area (Å²) in [5.74, 6) is 0. The zero-order valence-electron chi connectivity index (χ0n) is 6.75. The van der Waals surface area contributed by atoms with Crippen molar-refractivity contribution in [3.63, 3.8) is 0 Å². The largest absolute Gasteiger partial charge is 0.446 e. The van der Waals surface area contributed by atoms with Crippen molar-refractivity contribution in [3.05, 3.63) is 0 Å². The molecule has 1 amide bonds. The molecule has 0 atom stereocenters. The molecule has 0 unspecified atom stereocenters. The van der Waals surface area contributed by atoms with Crippen LogP contribution in [-0.2, 0) is 4.74 Å². The fourth-order valence-electron chi connectivity index (χ4n) is 1.27. The second-order valence-corrected chi connectivity index (χ2v) is 2.94. The summed E-state index contributed by atoms with van der Waals surface area (Å²) in [7, 11) is 2.06. The number of piperidine rings is 1. The minimum absolute atomic E-state index is 0.0451. The lowest BCUT2D eigenvalue weighted by Crippen LogP contribution is -2.36. The monoisotopic (exact) mass is 158 g/mol. The molecule has 1 fully saturated rings. The van der Waals surface area contributed by atoms with Crippen molar-refractivity contribution in [1.29, 1.82) is 0 Å². The Morgan fingerprint density at radius 1 is 1.55 bits per heavy atom. The first-order valence-corrected chi connectivity index (χ1v) is 3.83. The van der Waals surface area contributed by atoms with Crippen LogP contribution in [0.4, 0.5) is 4.79 Å². The van der Waals surface area contributed by atoms with Gasteiger partial charge in [0.2, 0.25) is 0 Å². The number of nitrogens with zero attached hydrogens (tertiary/aromatic N) is 1. The topological polar surface area (TPSA) is 55.6 Å². The molecule has 1 aliphatic rings. The van der Waals surface area contributed by atoms with E-state index in [1.165, 1.54) is 0 Å². The van der Waals surface area contributed by atoms with Crippen LogP contribution in [0.1, 0.15) is 12.8 Å². The zero-order valence-corrected chi connectivity index (χ0v) is 6.75. The van der Waals surface area contributed by atoms with Crippen molar-refractivity contribution in [2.45, 2.75) is 18.9 Å². The first-order valence-electron chi connectivity index (χ1n) is 3.83. The van der Waals surface area contributed by atoms with Crippen molar-refractivity contribution in [2.75, 3.05) is 20.1 Å². The van der Waals surface area contributed by atoms with E-state index in [0.717, 1.165) is 25.9 Å². The quantitative estimate of drug-likeness (QED) is 0.592. The number of primary amides is 1. The summed E-state index contributed by atoms with van der Waals surface area (Å²) < 4.78 is 4.85. The van der Waals surface area contributed by atoms with Crippen LogP contribution in [0.15, 0.2) is 0 Å². The Bertz CT molecular complexity index is 141. The van der Waals surface area contributed by atoms with Crippen molar-refractivity contribution in [1.82, 2.24) is 4.90 Å². The molecule has 0 radical (unpaired) electrons. The molecule has 0 aromatic carbocycles. The fraction of sp³-hybridized carbons (Fsp3) is 0.857. The zero-order chi connectivity index (χ0) is 8.27. The van der Waals surface area contributed by atoms with Gasteiger partial charge in [-0.3, -0.25) is 0 Å². The Morgan fingerprint density at radius 3 is 2.55 bits per heavy atom. The van der Waals surface area contributed by atoms with E-state index in [-0.39, 0.29) is 6.10 Å². The first kappa shape index (κ1) is 8.33. The number of likely N-dealkylation sites (tertiary alicyclic amines) is 1. The lowest BCUT2D eigenvalue weighted by atomic mass is 10.1. The van der Waals surface area contributed by atoms with Gasteiger partial charge in [0.15, 0.2) is 0 Å². The molecule has 0 aromatic rings. The molecule has 2 N–H and O–H groups in total. The Hall–Kier alpha value is -0.770.